The van der Waals surface area contributed by atoms with Crippen LogP contribution >= 0.6 is 27.3 Å². The zero-order valence-corrected chi connectivity index (χ0v) is 16.1. The Morgan fingerprint density at radius 1 is 1.27 bits per heavy atom. The first-order valence-electron chi connectivity index (χ1n) is 7.56. The first-order valence-corrected chi connectivity index (χ1v) is 9.23. The Morgan fingerprint density at radius 3 is 2.73 bits per heavy atom. The lowest BCUT2D eigenvalue weighted by Gasteiger charge is -2.06. The van der Waals surface area contributed by atoms with Gasteiger partial charge in [-0.2, -0.15) is 5.26 Å². The van der Waals surface area contributed by atoms with E-state index in [1.165, 1.54) is 11.3 Å². The molecule has 0 amide bonds. The largest absolute Gasteiger partial charge is 0.496 e. The van der Waals surface area contributed by atoms with Gasteiger partial charge in [-0.3, -0.25) is 0 Å². The molecule has 0 N–H and O–H groups in total. The number of esters is 1. The monoisotopic (exact) mass is 428 g/mol. The number of carbonyl (C=O) groups is 1. The minimum atomic E-state index is -0.455. The number of hydrogen-bond acceptors (Lipinski definition) is 6. The Balaban J connectivity index is 1.70. The Kier molecular flexibility index (Phi) is 5.66. The van der Waals surface area contributed by atoms with Crippen LogP contribution in [0.2, 0.25) is 0 Å². The summed E-state index contributed by atoms with van der Waals surface area (Å²) in [5, 5.41) is 11.4. The van der Waals surface area contributed by atoms with Gasteiger partial charge in [-0.05, 0) is 42.5 Å². The van der Waals surface area contributed by atoms with Crippen molar-refractivity contribution in [2.75, 3.05) is 7.11 Å². The van der Waals surface area contributed by atoms with Gasteiger partial charge in [-0.25, -0.2) is 9.78 Å². The lowest BCUT2D eigenvalue weighted by atomic mass is 10.1. The highest BCUT2D eigenvalue weighted by molar-refractivity contribution is 9.10. The number of carbonyl (C=O) groups excluding carboxylic acids is 1. The van der Waals surface area contributed by atoms with Crippen molar-refractivity contribution in [2.24, 2.45) is 0 Å². The molecule has 1 heterocycles. The van der Waals surface area contributed by atoms with E-state index in [1.54, 1.807) is 31.4 Å². The van der Waals surface area contributed by atoms with Crippen LogP contribution in [0, 0.1) is 11.3 Å². The van der Waals surface area contributed by atoms with E-state index in [2.05, 4.69) is 20.9 Å². The highest BCUT2D eigenvalue weighted by Gasteiger charge is 2.13. The van der Waals surface area contributed by atoms with Crippen LogP contribution in [0.4, 0.5) is 0 Å². The van der Waals surface area contributed by atoms with E-state index < -0.39 is 5.97 Å². The Morgan fingerprint density at radius 2 is 2.04 bits per heavy atom. The first-order chi connectivity index (χ1) is 12.6. The summed E-state index contributed by atoms with van der Waals surface area (Å²) >= 11 is 4.90. The molecule has 0 aliphatic rings. The van der Waals surface area contributed by atoms with Gasteiger partial charge in [0.1, 0.15) is 17.4 Å². The molecule has 0 fully saturated rings. The minimum absolute atomic E-state index is 0.0751. The van der Waals surface area contributed by atoms with Gasteiger partial charge in [0, 0.05) is 9.85 Å². The summed E-state index contributed by atoms with van der Waals surface area (Å²) in [6.45, 7) is 0.0751. The predicted molar refractivity (Wildman–Crippen MR) is 102 cm³/mol. The van der Waals surface area contributed by atoms with Crippen molar-refractivity contribution in [3.8, 4) is 22.4 Å². The zero-order chi connectivity index (χ0) is 18.5. The number of hydrogen-bond donors (Lipinski definition) is 0. The Labute approximate surface area is 163 Å². The van der Waals surface area contributed by atoms with E-state index in [4.69, 9.17) is 14.7 Å². The van der Waals surface area contributed by atoms with Crippen molar-refractivity contribution in [2.45, 2.75) is 6.61 Å². The lowest BCUT2D eigenvalue weighted by molar-refractivity contribution is 0.0468. The standard InChI is InChI=1S/C19H13BrN2O3S/c1-24-17-7-6-14(20)8-16(17)18-22-15(11-26-18)10-25-19(23)13-4-2-12(9-21)3-5-13/h2-8,11H,10H2,1H3. The van der Waals surface area contributed by atoms with Gasteiger partial charge in [-0.15, -0.1) is 11.3 Å². The van der Waals surface area contributed by atoms with Gasteiger partial charge in [0.05, 0.1) is 35.6 Å². The van der Waals surface area contributed by atoms with Crippen molar-refractivity contribution < 1.29 is 14.3 Å². The van der Waals surface area contributed by atoms with Crippen molar-refractivity contribution in [3.05, 3.63) is 69.1 Å². The van der Waals surface area contributed by atoms with Gasteiger partial charge in [0.2, 0.25) is 0 Å². The van der Waals surface area contributed by atoms with Crippen LogP contribution in [0.25, 0.3) is 10.6 Å². The van der Waals surface area contributed by atoms with E-state index >= 15 is 0 Å². The first kappa shape index (κ1) is 18.1. The summed E-state index contributed by atoms with van der Waals surface area (Å²) in [4.78, 5) is 16.6. The summed E-state index contributed by atoms with van der Waals surface area (Å²) < 4.78 is 11.6. The van der Waals surface area contributed by atoms with Crippen molar-refractivity contribution in [1.29, 1.82) is 5.26 Å². The van der Waals surface area contributed by atoms with Crippen LogP contribution in [0.5, 0.6) is 5.75 Å². The van der Waals surface area contributed by atoms with E-state index in [0.29, 0.717) is 16.8 Å². The van der Waals surface area contributed by atoms with E-state index in [-0.39, 0.29) is 6.61 Å². The van der Waals surface area contributed by atoms with Gasteiger partial charge < -0.3 is 9.47 Å². The van der Waals surface area contributed by atoms with Crippen molar-refractivity contribution in [1.82, 2.24) is 4.98 Å². The fourth-order valence-electron chi connectivity index (χ4n) is 2.25. The molecule has 0 saturated carbocycles. The summed E-state index contributed by atoms with van der Waals surface area (Å²) in [7, 11) is 1.61. The van der Waals surface area contributed by atoms with Crippen molar-refractivity contribution >= 4 is 33.2 Å². The lowest BCUT2D eigenvalue weighted by Crippen LogP contribution is -2.05. The van der Waals surface area contributed by atoms with E-state index in [0.717, 1.165) is 20.8 Å². The molecule has 0 spiro atoms. The van der Waals surface area contributed by atoms with Gasteiger partial charge >= 0.3 is 5.97 Å². The second-order valence-electron chi connectivity index (χ2n) is 5.25. The van der Waals surface area contributed by atoms with Gasteiger partial charge in [-0.1, -0.05) is 15.9 Å². The van der Waals surface area contributed by atoms with Crippen LogP contribution in [-0.2, 0) is 11.3 Å². The molecular weight excluding hydrogens is 416 g/mol. The molecule has 0 aliphatic carbocycles. The molecule has 0 bridgehead atoms. The maximum atomic E-state index is 12.1. The average Bonchev–Trinajstić information content (AvgIpc) is 3.15. The Bertz CT molecular complexity index is 977. The molecule has 5 nitrogen and oxygen atoms in total. The molecular formula is C19H13BrN2O3S. The summed E-state index contributed by atoms with van der Waals surface area (Å²) in [5.41, 5.74) is 2.42. The van der Waals surface area contributed by atoms with E-state index in [1.807, 2.05) is 29.6 Å². The third kappa shape index (κ3) is 4.10. The topological polar surface area (TPSA) is 72.2 Å². The fourth-order valence-corrected chi connectivity index (χ4v) is 3.43. The summed E-state index contributed by atoms with van der Waals surface area (Å²) in [6, 6.07) is 14.0. The second-order valence-corrected chi connectivity index (χ2v) is 7.03. The predicted octanol–water partition coefficient (Wildman–Crippen LogP) is 4.81. The van der Waals surface area contributed by atoms with Gasteiger partial charge in [0.25, 0.3) is 0 Å². The number of nitrogens with zero attached hydrogens (tertiary/aromatic N) is 2. The zero-order valence-electron chi connectivity index (χ0n) is 13.7. The third-order valence-corrected chi connectivity index (χ3v) is 4.96. The van der Waals surface area contributed by atoms with Crippen LogP contribution in [-0.4, -0.2) is 18.1 Å². The number of halogens is 1. The SMILES string of the molecule is COc1ccc(Br)cc1-c1nc(COC(=O)c2ccc(C#N)cc2)cs1. The molecule has 0 radical (unpaired) electrons. The average molecular weight is 429 g/mol. The summed E-state index contributed by atoms with van der Waals surface area (Å²) in [5.74, 6) is 0.271. The highest BCUT2D eigenvalue weighted by Crippen LogP contribution is 2.34. The number of methoxy groups -OCH3 is 1. The number of aromatic nitrogens is 1. The molecule has 0 aliphatic heterocycles. The fraction of sp³-hybridized carbons (Fsp3) is 0.105. The number of ether oxygens (including phenoxy) is 2. The van der Waals surface area contributed by atoms with Crippen LogP contribution in [0.3, 0.4) is 0 Å². The molecule has 0 unspecified atom stereocenters. The molecule has 0 atom stereocenters. The summed E-state index contributed by atoms with van der Waals surface area (Å²) in [6.07, 6.45) is 0. The quantitative estimate of drug-likeness (QED) is 0.545. The molecule has 26 heavy (non-hydrogen) atoms. The molecule has 1 aromatic heterocycles. The molecule has 2 aromatic carbocycles. The van der Waals surface area contributed by atoms with Crippen LogP contribution in [0.1, 0.15) is 21.6 Å². The minimum Gasteiger partial charge on any atom is -0.496 e. The van der Waals surface area contributed by atoms with Gasteiger partial charge in [0.15, 0.2) is 0 Å². The molecule has 130 valence electrons. The number of nitriles is 1. The number of thiazole rings is 1. The maximum absolute atomic E-state index is 12.1. The normalized spacial score (nSPS) is 10.2. The molecule has 0 saturated heterocycles. The number of rotatable bonds is 5. The van der Waals surface area contributed by atoms with E-state index in [9.17, 15) is 4.79 Å². The molecule has 3 aromatic rings. The smallest absolute Gasteiger partial charge is 0.338 e. The maximum Gasteiger partial charge on any atom is 0.338 e. The molecule has 3 rings (SSSR count). The third-order valence-electron chi connectivity index (χ3n) is 3.54. The van der Waals surface area contributed by atoms with Crippen LogP contribution < -0.4 is 4.74 Å². The van der Waals surface area contributed by atoms with Crippen molar-refractivity contribution in [3.63, 3.8) is 0 Å². The van der Waals surface area contributed by atoms with Crippen LogP contribution in [0.15, 0.2) is 52.3 Å². The second kappa shape index (κ2) is 8.13. The number of benzene rings is 2. The highest BCUT2D eigenvalue weighted by atomic mass is 79.9. The molecule has 7 heteroatoms. The Hall–Kier alpha value is -2.69.